The molecule has 3 aromatic carbocycles. The third kappa shape index (κ3) is 2.91. The quantitative estimate of drug-likeness (QED) is 0.394. The van der Waals surface area contributed by atoms with Crippen LogP contribution < -0.4 is 4.74 Å². The molecule has 0 N–H and O–H groups in total. The summed E-state index contributed by atoms with van der Waals surface area (Å²) in [4.78, 5) is 12.2. The molecule has 3 rings (SSSR count). The van der Waals surface area contributed by atoms with Gasteiger partial charge in [0.05, 0.1) is 5.56 Å². The Hall–Kier alpha value is -2.32. The first kappa shape index (κ1) is 13.7. The summed E-state index contributed by atoms with van der Waals surface area (Å²) in [6, 6.07) is 20.7. The highest BCUT2D eigenvalue weighted by atomic mass is 35.5. The van der Waals surface area contributed by atoms with Crippen LogP contribution in [0.1, 0.15) is 15.9 Å². The Morgan fingerprint density at radius 1 is 0.905 bits per heavy atom. The molecule has 0 atom stereocenters. The minimum Gasteiger partial charge on any atom is -0.423 e. The van der Waals surface area contributed by atoms with Crippen molar-refractivity contribution in [2.75, 3.05) is 0 Å². The maximum Gasteiger partial charge on any atom is 0.343 e. The van der Waals surface area contributed by atoms with Crippen molar-refractivity contribution in [1.29, 1.82) is 0 Å². The first-order chi connectivity index (χ1) is 10.3. The lowest BCUT2D eigenvalue weighted by molar-refractivity contribution is 0.0734. The number of carbonyl (C=O) groups is 1. The lowest BCUT2D eigenvalue weighted by atomic mass is 10.1. The Bertz CT molecular complexity index is 796. The Morgan fingerprint density at radius 2 is 1.62 bits per heavy atom. The molecule has 0 bridgehead atoms. The largest absolute Gasteiger partial charge is 0.423 e. The molecule has 0 aromatic heterocycles. The highest BCUT2D eigenvalue weighted by Gasteiger charge is 2.12. The van der Waals surface area contributed by atoms with E-state index < -0.39 is 0 Å². The summed E-state index contributed by atoms with van der Waals surface area (Å²) in [5, 5.41) is 2.15. The maximum absolute atomic E-state index is 12.2. The molecule has 0 spiro atoms. The molecule has 0 saturated heterocycles. The van der Waals surface area contributed by atoms with Crippen molar-refractivity contribution in [1.82, 2.24) is 0 Å². The molecular weight excluding hydrogens is 284 g/mol. The molecule has 0 radical (unpaired) electrons. The van der Waals surface area contributed by atoms with Gasteiger partial charge in [-0.05, 0) is 34.5 Å². The number of alkyl halides is 1. The molecule has 21 heavy (non-hydrogen) atoms. The van der Waals surface area contributed by atoms with Crippen LogP contribution in [0, 0.1) is 0 Å². The van der Waals surface area contributed by atoms with Crippen molar-refractivity contribution in [3.05, 3.63) is 77.9 Å². The average molecular weight is 297 g/mol. The topological polar surface area (TPSA) is 26.3 Å². The maximum atomic E-state index is 12.2. The molecule has 0 heterocycles. The van der Waals surface area contributed by atoms with Crippen molar-refractivity contribution in [2.24, 2.45) is 0 Å². The zero-order chi connectivity index (χ0) is 14.7. The van der Waals surface area contributed by atoms with Crippen LogP contribution >= 0.6 is 11.6 Å². The van der Waals surface area contributed by atoms with Crippen molar-refractivity contribution in [3.8, 4) is 5.75 Å². The van der Waals surface area contributed by atoms with Crippen molar-refractivity contribution >= 4 is 28.3 Å². The van der Waals surface area contributed by atoms with Gasteiger partial charge >= 0.3 is 5.97 Å². The summed E-state index contributed by atoms with van der Waals surface area (Å²) in [5.74, 6) is 0.424. The van der Waals surface area contributed by atoms with Gasteiger partial charge in [-0.3, -0.25) is 0 Å². The summed E-state index contributed by atoms with van der Waals surface area (Å²) >= 11 is 5.85. The van der Waals surface area contributed by atoms with Gasteiger partial charge in [-0.25, -0.2) is 4.79 Å². The zero-order valence-electron chi connectivity index (χ0n) is 11.3. The molecule has 0 aliphatic carbocycles. The summed E-state index contributed by atoms with van der Waals surface area (Å²) in [7, 11) is 0. The summed E-state index contributed by atoms with van der Waals surface area (Å²) < 4.78 is 5.45. The molecule has 0 saturated carbocycles. The van der Waals surface area contributed by atoms with E-state index in [1.165, 1.54) is 0 Å². The first-order valence-electron chi connectivity index (χ1n) is 6.63. The van der Waals surface area contributed by atoms with Crippen LogP contribution in [0.15, 0.2) is 66.7 Å². The third-order valence-corrected chi connectivity index (χ3v) is 3.60. The highest BCUT2D eigenvalue weighted by molar-refractivity contribution is 6.17. The number of esters is 1. The Kier molecular flexibility index (Phi) is 3.89. The van der Waals surface area contributed by atoms with E-state index in [-0.39, 0.29) is 11.8 Å². The molecule has 104 valence electrons. The smallest absolute Gasteiger partial charge is 0.343 e. The van der Waals surface area contributed by atoms with E-state index in [4.69, 9.17) is 16.3 Å². The predicted octanol–water partition coefficient (Wildman–Crippen LogP) is 4.80. The molecule has 3 heteroatoms. The van der Waals surface area contributed by atoms with Crippen LogP contribution in [0.2, 0.25) is 0 Å². The normalized spacial score (nSPS) is 10.5. The summed E-state index contributed by atoms with van der Waals surface area (Å²) in [6.45, 7) is 0. The Labute approximate surface area is 127 Å². The van der Waals surface area contributed by atoms with Crippen LogP contribution in [0.4, 0.5) is 0 Å². The van der Waals surface area contributed by atoms with Crippen LogP contribution in [0.5, 0.6) is 5.75 Å². The van der Waals surface area contributed by atoms with E-state index in [1.807, 2.05) is 48.5 Å². The molecule has 2 nitrogen and oxygen atoms in total. The predicted molar refractivity (Wildman–Crippen MR) is 84.9 cm³/mol. The molecule has 0 unspecified atom stereocenters. The first-order valence-corrected chi connectivity index (χ1v) is 7.16. The van der Waals surface area contributed by atoms with Gasteiger partial charge in [-0.2, -0.15) is 0 Å². The summed E-state index contributed by atoms with van der Waals surface area (Å²) in [6.07, 6.45) is 0. The van der Waals surface area contributed by atoms with Gasteiger partial charge in [0, 0.05) is 5.88 Å². The van der Waals surface area contributed by atoms with Crippen LogP contribution in [0.3, 0.4) is 0 Å². The molecule has 0 amide bonds. The second-order valence-electron chi connectivity index (χ2n) is 4.69. The standard InChI is InChI=1S/C18H13ClO2/c19-12-15-7-3-4-8-17(15)18(20)21-16-10-9-13-5-1-2-6-14(13)11-16/h1-11H,12H2. The minimum absolute atomic E-state index is 0.281. The monoisotopic (exact) mass is 296 g/mol. The molecular formula is C18H13ClO2. The van der Waals surface area contributed by atoms with Gasteiger partial charge in [0.25, 0.3) is 0 Å². The van der Waals surface area contributed by atoms with Gasteiger partial charge in [-0.15, -0.1) is 11.6 Å². The fraction of sp³-hybridized carbons (Fsp3) is 0.0556. The number of fused-ring (bicyclic) bond motifs is 1. The number of ether oxygens (including phenoxy) is 1. The van der Waals surface area contributed by atoms with E-state index >= 15 is 0 Å². The van der Waals surface area contributed by atoms with E-state index in [0.717, 1.165) is 16.3 Å². The molecule has 3 aromatic rings. The van der Waals surface area contributed by atoms with E-state index in [1.54, 1.807) is 18.2 Å². The van der Waals surface area contributed by atoms with Crippen molar-refractivity contribution < 1.29 is 9.53 Å². The lowest BCUT2D eigenvalue weighted by Crippen LogP contribution is -2.10. The number of hydrogen-bond donors (Lipinski definition) is 0. The van der Waals surface area contributed by atoms with Crippen molar-refractivity contribution in [3.63, 3.8) is 0 Å². The number of benzene rings is 3. The number of hydrogen-bond acceptors (Lipinski definition) is 2. The Morgan fingerprint density at radius 3 is 2.43 bits per heavy atom. The van der Waals surface area contributed by atoms with Gasteiger partial charge in [0.15, 0.2) is 0 Å². The molecule has 0 fully saturated rings. The second kappa shape index (κ2) is 5.98. The summed E-state index contributed by atoms with van der Waals surface area (Å²) in [5.41, 5.74) is 1.27. The van der Waals surface area contributed by atoms with Gasteiger partial charge in [0.2, 0.25) is 0 Å². The molecule has 0 aliphatic heterocycles. The number of rotatable bonds is 3. The zero-order valence-corrected chi connectivity index (χ0v) is 12.0. The average Bonchev–Trinajstić information content (AvgIpc) is 2.54. The number of halogens is 1. The van der Waals surface area contributed by atoms with E-state index in [9.17, 15) is 4.79 Å². The van der Waals surface area contributed by atoms with Crippen LogP contribution in [0.25, 0.3) is 10.8 Å². The van der Waals surface area contributed by atoms with E-state index in [2.05, 4.69) is 0 Å². The van der Waals surface area contributed by atoms with Crippen LogP contribution in [-0.4, -0.2) is 5.97 Å². The SMILES string of the molecule is O=C(Oc1ccc2ccccc2c1)c1ccccc1CCl. The fourth-order valence-electron chi connectivity index (χ4n) is 2.23. The lowest BCUT2D eigenvalue weighted by Gasteiger charge is -2.08. The fourth-order valence-corrected chi connectivity index (χ4v) is 2.46. The third-order valence-electron chi connectivity index (χ3n) is 3.31. The van der Waals surface area contributed by atoms with Gasteiger partial charge in [-0.1, -0.05) is 48.5 Å². The van der Waals surface area contributed by atoms with Gasteiger partial charge < -0.3 is 4.74 Å². The number of carbonyl (C=O) groups excluding carboxylic acids is 1. The molecule has 0 aliphatic rings. The second-order valence-corrected chi connectivity index (χ2v) is 4.96. The highest BCUT2D eigenvalue weighted by Crippen LogP contribution is 2.22. The van der Waals surface area contributed by atoms with Crippen molar-refractivity contribution in [2.45, 2.75) is 5.88 Å². The minimum atomic E-state index is -0.387. The van der Waals surface area contributed by atoms with Crippen LogP contribution in [-0.2, 0) is 5.88 Å². The Balaban J connectivity index is 1.89. The van der Waals surface area contributed by atoms with E-state index in [0.29, 0.717) is 11.3 Å². The van der Waals surface area contributed by atoms with Gasteiger partial charge in [0.1, 0.15) is 5.75 Å².